The summed E-state index contributed by atoms with van der Waals surface area (Å²) in [6.45, 7) is 6.06. The van der Waals surface area contributed by atoms with Gasteiger partial charge in [-0.2, -0.15) is 0 Å². The van der Waals surface area contributed by atoms with Crippen molar-refractivity contribution in [3.8, 4) is 5.75 Å². The molecule has 0 aromatic heterocycles. The molecule has 1 aromatic rings. The van der Waals surface area contributed by atoms with Crippen molar-refractivity contribution in [1.82, 2.24) is 10.2 Å². The molecule has 19 heavy (non-hydrogen) atoms. The number of aromatic hydroxyl groups is 1. The first kappa shape index (κ1) is 14.9. The second-order valence-corrected chi connectivity index (χ2v) is 5.75. The van der Waals surface area contributed by atoms with Gasteiger partial charge in [-0.25, -0.2) is 0 Å². The lowest BCUT2D eigenvalue weighted by atomic mass is 9.98. The Morgan fingerprint density at radius 3 is 2.58 bits per heavy atom. The van der Waals surface area contributed by atoms with Crippen molar-refractivity contribution in [3.05, 3.63) is 27.7 Å². The molecule has 0 bridgehead atoms. The summed E-state index contributed by atoms with van der Waals surface area (Å²) in [6, 6.07) is 3.45. The topological polar surface area (TPSA) is 35.5 Å². The molecule has 1 fully saturated rings. The Labute approximate surface area is 124 Å². The van der Waals surface area contributed by atoms with E-state index in [1.165, 1.54) is 0 Å². The van der Waals surface area contributed by atoms with Gasteiger partial charge in [0, 0.05) is 42.8 Å². The molecule has 0 saturated carbocycles. The number of hydrogen-bond donors (Lipinski definition) is 2. The van der Waals surface area contributed by atoms with Crippen LogP contribution < -0.4 is 5.32 Å². The van der Waals surface area contributed by atoms with Crippen LogP contribution in [0.15, 0.2) is 12.1 Å². The molecule has 1 heterocycles. The molecule has 2 rings (SSSR count). The maximum absolute atomic E-state index is 10.2. The van der Waals surface area contributed by atoms with Gasteiger partial charge in [0.05, 0.1) is 5.02 Å². The van der Waals surface area contributed by atoms with Crippen molar-refractivity contribution >= 4 is 23.2 Å². The summed E-state index contributed by atoms with van der Waals surface area (Å²) in [5.74, 6) is 0.203. The Hall–Kier alpha value is -0.480. The number of nitrogens with one attached hydrogen (secondary N) is 1. The summed E-state index contributed by atoms with van der Waals surface area (Å²) in [6.07, 6.45) is 2.03. The maximum Gasteiger partial charge on any atom is 0.123 e. The number of phenols is 1. The first-order valence-electron chi connectivity index (χ1n) is 6.76. The molecule has 106 valence electrons. The summed E-state index contributed by atoms with van der Waals surface area (Å²) in [5, 5.41) is 14.6. The van der Waals surface area contributed by atoms with Crippen LogP contribution in [-0.4, -0.2) is 36.2 Å². The molecule has 1 aliphatic rings. The van der Waals surface area contributed by atoms with E-state index in [0.29, 0.717) is 10.0 Å². The van der Waals surface area contributed by atoms with E-state index in [1.807, 2.05) is 0 Å². The summed E-state index contributed by atoms with van der Waals surface area (Å²) in [4.78, 5) is 2.38. The number of halogens is 2. The Kier molecular flexibility index (Phi) is 5.34. The zero-order valence-corrected chi connectivity index (χ0v) is 12.6. The van der Waals surface area contributed by atoms with Crippen LogP contribution in [0, 0.1) is 0 Å². The highest BCUT2D eigenvalue weighted by molar-refractivity contribution is 6.35. The Balaban J connectivity index is 2.32. The molecule has 0 spiro atoms. The van der Waals surface area contributed by atoms with Crippen LogP contribution in [-0.2, 0) is 0 Å². The smallest absolute Gasteiger partial charge is 0.123 e. The largest absolute Gasteiger partial charge is 0.508 e. The van der Waals surface area contributed by atoms with Gasteiger partial charge in [-0.05, 0) is 18.6 Å². The molecule has 2 N–H and O–H groups in total. The van der Waals surface area contributed by atoms with Gasteiger partial charge in [0.2, 0.25) is 0 Å². The highest BCUT2D eigenvalue weighted by atomic mass is 35.5. The molecule has 1 aliphatic heterocycles. The first-order chi connectivity index (χ1) is 9.13. The Morgan fingerprint density at radius 1 is 1.32 bits per heavy atom. The SMILES string of the molecule is CCC[C@H](c1c(O)cc(Cl)cc1Cl)N1CCNCC1. The third-order valence-electron chi connectivity index (χ3n) is 3.56. The average Bonchev–Trinajstić information content (AvgIpc) is 2.37. The molecule has 0 aliphatic carbocycles. The molecule has 0 unspecified atom stereocenters. The quantitative estimate of drug-likeness (QED) is 0.894. The fourth-order valence-electron chi connectivity index (χ4n) is 2.68. The molecular weight excluding hydrogens is 283 g/mol. The van der Waals surface area contributed by atoms with Crippen molar-refractivity contribution in [3.63, 3.8) is 0 Å². The average molecular weight is 303 g/mol. The second-order valence-electron chi connectivity index (χ2n) is 4.91. The highest BCUT2D eigenvalue weighted by Gasteiger charge is 2.26. The van der Waals surface area contributed by atoms with Gasteiger partial charge in [-0.1, -0.05) is 36.5 Å². The van der Waals surface area contributed by atoms with Gasteiger partial charge in [-0.15, -0.1) is 0 Å². The lowest BCUT2D eigenvalue weighted by Gasteiger charge is -2.35. The van der Waals surface area contributed by atoms with Gasteiger partial charge in [-0.3, -0.25) is 4.90 Å². The lowest BCUT2D eigenvalue weighted by molar-refractivity contribution is 0.162. The van der Waals surface area contributed by atoms with Crippen LogP contribution in [0.5, 0.6) is 5.75 Å². The van der Waals surface area contributed by atoms with Crippen molar-refractivity contribution in [1.29, 1.82) is 0 Å². The molecule has 1 atom stereocenters. The Morgan fingerprint density at radius 2 is 2.00 bits per heavy atom. The normalized spacial score (nSPS) is 18.5. The zero-order chi connectivity index (χ0) is 13.8. The maximum atomic E-state index is 10.2. The number of hydrogen-bond acceptors (Lipinski definition) is 3. The van der Waals surface area contributed by atoms with E-state index < -0.39 is 0 Å². The van der Waals surface area contributed by atoms with Crippen LogP contribution in [0.25, 0.3) is 0 Å². The van der Waals surface area contributed by atoms with Gasteiger partial charge < -0.3 is 10.4 Å². The monoisotopic (exact) mass is 302 g/mol. The minimum atomic E-state index is 0.164. The zero-order valence-electron chi connectivity index (χ0n) is 11.1. The summed E-state index contributed by atoms with van der Waals surface area (Å²) >= 11 is 12.2. The fourth-order valence-corrected chi connectivity index (χ4v) is 3.29. The van der Waals surface area contributed by atoms with E-state index in [4.69, 9.17) is 23.2 Å². The Bertz CT molecular complexity index is 410. The van der Waals surface area contributed by atoms with E-state index >= 15 is 0 Å². The summed E-state index contributed by atoms with van der Waals surface area (Å²) < 4.78 is 0. The van der Waals surface area contributed by atoms with E-state index in [2.05, 4.69) is 17.1 Å². The molecule has 0 amide bonds. The van der Waals surface area contributed by atoms with Crippen molar-refractivity contribution in [2.75, 3.05) is 26.2 Å². The van der Waals surface area contributed by atoms with Gasteiger partial charge in [0.1, 0.15) is 5.75 Å². The number of nitrogens with zero attached hydrogens (tertiary/aromatic N) is 1. The van der Waals surface area contributed by atoms with Crippen LogP contribution in [0.3, 0.4) is 0 Å². The van der Waals surface area contributed by atoms with Crippen LogP contribution in [0.4, 0.5) is 0 Å². The third kappa shape index (κ3) is 3.54. The van der Waals surface area contributed by atoms with E-state index in [1.54, 1.807) is 12.1 Å². The highest BCUT2D eigenvalue weighted by Crippen LogP contribution is 2.39. The van der Waals surface area contributed by atoms with Gasteiger partial charge >= 0.3 is 0 Å². The molecular formula is C14H20Cl2N2O. The molecule has 1 saturated heterocycles. The summed E-state index contributed by atoms with van der Waals surface area (Å²) in [5.41, 5.74) is 0.815. The minimum Gasteiger partial charge on any atom is -0.508 e. The first-order valence-corrected chi connectivity index (χ1v) is 7.51. The van der Waals surface area contributed by atoms with Gasteiger partial charge in [0.15, 0.2) is 0 Å². The van der Waals surface area contributed by atoms with Crippen molar-refractivity contribution in [2.24, 2.45) is 0 Å². The van der Waals surface area contributed by atoms with Crippen LogP contribution in [0.1, 0.15) is 31.4 Å². The van der Waals surface area contributed by atoms with E-state index in [0.717, 1.165) is 44.6 Å². The predicted octanol–water partition coefficient (Wildman–Crippen LogP) is 3.45. The number of phenolic OH excluding ortho intramolecular Hbond substituents is 1. The number of benzene rings is 1. The predicted molar refractivity (Wildman–Crippen MR) is 80.2 cm³/mol. The number of piperazine rings is 1. The summed E-state index contributed by atoms with van der Waals surface area (Å²) in [7, 11) is 0. The molecule has 3 nitrogen and oxygen atoms in total. The third-order valence-corrected chi connectivity index (χ3v) is 4.09. The lowest BCUT2D eigenvalue weighted by Crippen LogP contribution is -2.45. The molecule has 5 heteroatoms. The standard InChI is InChI=1S/C14H20Cl2N2O/c1-2-3-12(18-6-4-17-5-7-18)14-11(16)8-10(15)9-13(14)19/h8-9,12,17,19H,2-7H2,1H3/t12-/m1/s1. The van der Waals surface area contributed by atoms with Crippen molar-refractivity contribution < 1.29 is 5.11 Å². The minimum absolute atomic E-state index is 0.164. The molecule has 1 aromatic carbocycles. The van der Waals surface area contributed by atoms with Gasteiger partial charge in [0.25, 0.3) is 0 Å². The second kappa shape index (κ2) is 6.80. The van der Waals surface area contributed by atoms with E-state index in [9.17, 15) is 5.11 Å². The van der Waals surface area contributed by atoms with Crippen molar-refractivity contribution in [2.45, 2.75) is 25.8 Å². The van der Waals surface area contributed by atoms with E-state index in [-0.39, 0.29) is 11.8 Å². The van der Waals surface area contributed by atoms with Crippen LogP contribution in [0.2, 0.25) is 10.0 Å². The molecule has 0 radical (unpaired) electrons. The fraction of sp³-hybridized carbons (Fsp3) is 0.571. The number of rotatable bonds is 4. The van der Waals surface area contributed by atoms with Crippen LogP contribution >= 0.6 is 23.2 Å².